The van der Waals surface area contributed by atoms with Crippen LogP contribution < -0.4 is 0 Å². The SMILES string of the molecule is CO/N=C(\C)[C@@]1(O)CC[C@H]2[C@@H]3CC[C@@H]4C[C@H](O)CC[C@]4(C)[C@H]3CC[C@@]21C. The highest BCUT2D eigenvalue weighted by Crippen LogP contribution is 2.68. The molecular formula is C22H37NO3. The molecule has 0 unspecified atom stereocenters. The molecule has 0 saturated heterocycles. The minimum Gasteiger partial charge on any atom is -0.399 e. The van der Waals surface area contributed by atoms with Gasteiger partial charge in [-0.05, 0) is 93.8 Å². The van der Waals surface area contributed by atoms with Gasteiger partial charge in [-0.3, -0.25) is 0 Å². The number of aliphatic hydroxyl groups is 2. The van der Waals surface area contributed by atoms with Gasteiger partial charge in [-0.2, -0.15) is 0 Å². The highest BCUT2D eigenvalue weighted by Gasteiger charge is 2.65. The maximum absolute atomic E-state index is 11.6. The molecule has 0 amide bonds. The van der Waals surface area contributed by atoms with Gasteiger partial charge in [-0.15, -0.1) is 0 Å². The van der Waals surface area contributed by atoms with Gasteiger partial charge in [0.2, 0.25) is 0 Å². The van der Waals surface area contributed by atoms with Crippen molar-refractivity contribution in [2.45, 2.75) is 90.3 Å². The van der Waals surface area contributed by atoms with Crippen LogP contribution in [0.25, 0.3) is 0 Å². The van der Waals surface area contributed by atoms with E-state index in [0.29, 0.717) is 17.3 Å². The first-order valence-electron chi connectivity index (χ1n) is 10.7. The summed E-state index contributed by atoms with van der Waals surface area (Å²) >= 11 is 0. The van der Waals surface area contributed by atoms with E-state index in [2.05, 4.69) is 19.0 Å². The molecule has 4 rings (SSSR count). The lowest BCUT2D eigenvalue weighted by atomic mass is 9.44. The molecule has 8 atom stereocenters. The lowest BCUT2D eigenvalue weighted by molar-refractivity contribution is -0.143. The summed E-state index contributed by atoms with van der Waals surface area (Å²) in [6, 6.07) is 0. The van der Waals surface area contributed by atoms with Gasteiger partial charge in [0.25, 0.3) is 0 Å². The molecule has 0 aromatic rings. The molecule has 148 valence electrons. The summed E-state index contributed by atoms with van der Waals surface area (Å²) in [5.74, 6) is 2.75. The third-order valence-corrected chi connectivity index (χ3v) is 9.62. The van der Waals surface area contributed by atoms with Gasteiger partial charge >= 0.3 is 0 Å². The Morgan fingerprint density at radius 3 is 2.46 bits per heavy atom. The van der Waals surface area contributed by atoms with Crippen LogP contribution in [0.15, 0.2) is 5.16 Å². The van der Waals surface area contributed by atoms with E-state index in [1.54, 1.807) is 7.11 Å². The van der Waals surface area contributed by atoms with Gasteiger partial charge in [-0.1, -0.05) is 19.0 Å². The molecule has 0 aromatic carbocycles. The van der Waals surface area contributed by atoms with Gasteiger partial charge in [0.05, 0.1) is 11.8 Å². The molecule has 26 heavy (non-hydrogen) atoms. The van der Waals surface area contributed by atoms with Crippen molar-refractivity contribution in [3.8, 4) is 0 Å². The van der Waals surface area contributed by atoms with Gasteiger partial charge in [0.15, 0.2) is 0 Å². The standard InChI is InChI=1S/C22H37NO3/c1-14(23-26-4)22(25)12-9-19-17-6-5-15-13-16(24)7-10-20(15,2)18(17)8-11-21(19,22)3/h15-19,24-25H,5-13H2,1-4H3/b23-14+/t15-,16-,17-,18+,19+,20+,21+,22+/m1/s1. The van der Waals surface area contributed by atoms with Gasteiger partial charge < -0.3 is 15.1 Å². The first kappa shape index (κ1) is 18.7. The molecular weight excluding hydrogens is 326 g/mol. The fourth-order valence-electron chi connectivity index (χ4n) is 8.06. The fraction of sp³-hybridized carbons (Fsp3) is 0.955. The predicted molar refractivity (Wildman–Crippen MR) is 103 cm³/mol. The third kappa shape index (κ3) is 2.37. The minimum absolute atomic E-state index is 0.0806. The van der Waals surface area contributed by atoms with E-state index in [-0.39, 0.29) is 11.5 Å². The molecule has 4 saturated carbocycles. The van der Waals surface area contributed by atoms with Crippen LogP contribution in [0.3, 0.4) is 0 Å². The molecule has 4 nitrogen and oxygen atoms in total. The van der Waals surface area contributed by atoms with Crippen LogP contribution in [0.4, 0.5) is 0 Å². The molecule has 0 bridgehead atoms. The van der Waals surface area contributed by atoms with Gasteiger partial charge in [-0.25, -0.2) is 0 Å². The van der Waals surface area contributed by atoms with Gasteiger partial charge in [0.1, 0.15) is 12.7 Å². The highest BCUT2D eigenvalue weighted by atomic mass is 16.6. The third-order valence-electron chi connectivity index (χ3n) is 9.62. The van der Waals surface area contributed by atoms with Crippen molar-refractivity contribution in [1.29, 1.82) is 0 Å². The number of aliphatic hydroxyl groups excluding tert-OH is 1. The minimum atomic E-state index is -0.820. The van der Waals surface area contributed by atoms with Crippen LogP contribution >= 0.6 is 0 Å². The van der Waals surface area contributed by atoms with E-state index in [9.17, 15) is 10.2 Å². The molecule has 4 aliphatic carbocycles. The Labute approximate surface area is 158 Å². The second-order valence-corrected chi connectivity index (χ2v) is 10.3. The number of nitrogens with zero attached hydrogens (tertiary/aromatic N) is 1. The Morgan fingerprint density at radius 2 is 1.73 bits per heavy atom. The lowest BCUT2D eigenvalue weighted by Gasteiger charge is -2.61. The van der Waals surface area contributed by atoms with Crippen LogP contribution in [0, 0.1) is 34.5 Å². The fourth-order valence-corrected chi connectivity index (χ4v) is 8.06. The first-order valence-corrected chi connectivity index (χ1v) is 10.7. The van der Waals surface area contributed by atoms with Crippen molar-refractivity contribution < 1.29 is 15.1 Å². The maximum atomic E-state index is 11.6. The smallest absolute Gasteiger partial charge is 0.111 e. The zero-order valence-electron chi connectivity index (χ0n) is 17.0. The number of oxime groups is 1. The summed E-state index contributed by atoms with van der Waals surface area (Å²) in [7, 11) is 1.57. The number of fused-ring (bicyclic) bond motifs is 5. The van der Waals surface area contributed by atoms with Crippen molar-refractivity contribution in [1.82, 2.24) is 0 Å². The number of hydrogen-bond donors (Lipinski definition) is 2. The molecule has 0 aliphatic heterocycles. The number of hydrogen-bond acceptors (Lipinski definition) is 4. The molecule has 4 aliphatic rings. The largest absolute Gasteiger partial charge is 0.399 e. The van der Waals surface area contributed by atoms with Crippen LogP contribution in [-0.4, -0.2) is 34.7 Å². The van der Waals surface area contributed by atoms with Crippen molar-refractivity contribution in [2.75, 3.05) is 7.11 Å². The maximum Gasteiger partial charge on any atom is 0.111 e. The summed E-state index contributed by atoms with van der Waals surface area (Å²) in [5.41, 5.74) is 0.237. The molecule has 0 radical (unpaired) electrons. The summed E-state index contributed by atoms with van der Waals surface area (Å²) in [6.07, 6.45) is 9.82. The second-order valence-electron chi connectivity index (χ2n) is 10.3. The van der Waals surface area contributed by atoms with E-state index in [1.807, 2.05) is 6.92 Å². The lowest BCUT2D eigenvalue weighted by Crippen LogP contribution is -2.58. The normalized spacial score (nSPS) is 54.2. The van der Waals surface area contributed by atoms with E-state index >= 15 is 0 Å². The Balaban J connectivity index is 1.63. The van der Waals surface area contributed by atoms with Crippen LogP contribution in [0.1, 0.15) is 78.6 Å². The highest BCUT2D eigenvalue weighted by molar-refractivity contribution is 5.91. The average Bonchev–Trinajstić information content (AvgIpc) is 2.88. The molecule has 4 heteroatoms. The van der Waals surface area contributed by atoms with Crippen molar-refractivity contribution >= 4 is 5.71 Å². The van der Waals surface area contributed by atoms with Crippen LogP contribution in [-0.2, 0) is 4.84 Å². The quantitative estimate of drug-likeness (QED) is 0.572. The summed E-state index contributed by atoms with van der Waals surface area (Å²) in [4.78, 5) is 5.01. The Hall–Kier alpha value is -0.610. The van der Waals surface area contributed by atoms with Gasteiger partial charge in [0, 0.05) is 5.41 Å². The van der Waals surface area contributed by atoms with Crippen LogP contribution in [0.2, 0.25) is 0 Å². The zero-order valence-corrected chi connectivity index (χ0v) is 17.0. The molecule has 0 heterocycles. The molecule has 4 fully saturated rings. The summed E-state index contributed by atoms with van der Waals surface area (Å²) in [5, 5.41) is 25.9. The van der Waals surface area contributed by atoms with E-state index in [4.69, 9.17) is 4.84 Å². The number of rotatable bonds is 2. The van der Waals surface area contributed by atoms with Crippen LogP contribution in [0.5, 0.6) is 0 Å². The zero-order chi connectivity index (χ0) is 18.7. The van der Waals surface area contributed by atoms with Crippen molar-refractivity contribution in [2.24, 2.45) is 39.7 Å². The predicted octanol–water partition coefficient (Wildman–Crippen LogP) is 4.14. The Bertz CT molecular complexity index is 592. The average molecular weight is 364 g/mol. The van der Waals surface area contributed by atoms with E-state index in [1.165, 1.54) is 25.7 Å². The topological polar surface area (TPSA) is 62.0 Å². The first-order chi connectivity index (χ1) is 12.3. The monoisotopic (exact) mass is 363 g/mol. The Kier molecular flexibility index (Phi) is 4.47. The van der Waals surface area contributed by atoms with Crippen molar-refractivity contribution in [3.05, 3.63) is 0 Å². The molecule has 0 aromatic heterocycles. The van der Waals surface area contributed by atoms with Crippen molar-refractivity contribution in [3.63, 3.8) is 0 Å². The van der Waals surface area contributed by atoms with E-state index in [0.717, 1.165) is 49.7 Å². The summed E-state index contributed by atoms with van der Waals surface area (Å²) < 4.78 is 0. The van der Waals surface area contributed by atoms with E-state index < -0.39 is 5.60 Å². The molecule has 2 N–H and O–H groups in total. The Morgan fingerprint density at radius 1 is 1.00 bits per heavy atom. The molecule has 0 spiro atoms. The second kappa shape index (κ2) is 6.20. The summed E-state index contributed by atoms with van der Waals surface area (Å²) in [6.45, 7) is 6.76.